The molecule has 1 aromatic carbocycles. The molecule has 0 fully saturated rings. The van der Waals surface area contributed by atoms with Crippen LogP contribution in [0.4, 0.5) is 0 Å². The Kier molecular flexibility index (Phi) is 4.19. The van der Waals surface area contributed by atoms with Gasteiger partial charge < -0.3 is 5.32 Å². The van der Waals surface area contributed by atoms with Crippen LogP contribution < -0.4 is 5.32 Å². The number of hydrogen-bond donors (Lipinski definition) is 1. The predicted octanol–water partition coefficient (Wildman–Crippen LogP) is 4.86. The maximum atomic E-state index is 3.72. The van der Waals surface area contributed by atoms with Crippen molar-refractivity contribution in [3.8, 4) is 0 Å². The predicted molar refractivity (Wildman–Crippen MR) is 92.5 cm³/mol. The third kappa shape index (κ3) is 2.79. The summed E-state index contributed by atoms with van der Waals surface area (Å²) in [6.45, 7) is 9.89. The molecule has 2 aromatic rings. The van der Waals surface area contributed by atoms with Gasteiger partial charge in [-0.05, 0) is 74.9 Å². The molecule has 1 N–H and O–H groups in total. The molecule has 1 aromatic heterocycles. The monoisotopic (exact) mass is 299 g/mol. The highest BCUT2D eigenvalue weighted by Gasteiger charge is 2.23. The van der Waals surface area contributed by atoms with Crippen molar-refractivity contribution in [3.05, 3.63) is 55.8 Å². The van der Waals surface area contributed by atoms with E-state index in [-0.39, 0.29) is 0 Å². The van der Waals surface area contributed by atoms with Gasteiger partial charge in [0.05, 0.1) is 6.04 Å². The molecular weight excluding hydrogens is 274 g/mol. The first-order valence-corrected chi connectivity index (χ1v) is 8.84. The molecule has 21 heavy (non-hydrogen) atoms. The van der Waals surface area contributed by atoms with E-state index in [1.165, 1.54) is 46.4 Å². The van der Waals surface area contributed by atoms with Crippen LogP contribution in [0.2, 0.25) is 0 Å². The lowest BCUT2D eigenvalue weighted by Gasteiger charge is -2.22. The van der Waals surface area contributed by atoms with Crippen molar-refractivity contribution in [2.75, 3.05) is 6.54 Å². The molecule has 1 nitrogen and oxygen atoms in total. The van der Waals surface area contributed by atoms with Gasteiger partial charge in [0.1, 0.15) is 0 Å². The Balaban J connectivity index is 2.05. The Morgan fingerprint density at radius 2 is 1.81 bits per heavy atom. The van der Waals surface area contributed by atoms with Crippen molar-refractivity contribution in [2.24, 2.45) is 0 Å². The summed E-state index contributed by atoms with van der Waals surface area (Å²) >= 11 is 2.02. The van der Waals surface area contributed by atoms with Gasteiger partial charge in [0.25, 0.3) is 0 Å². The summed E-state index contributed by atoms with van der Waals surface area (Å²) in [6.07, 6.45) is 3.90. The smallest absolute Gasteiger partial charge is 0.0676 e. The second-order valence-electron chi connectivity index (χ2n) is 6.25. The van der Waals surface area contributed by atoms with E-state index in [0.29, 0.717) is 6.04 Å². The molecule has 0 spiro atoms. The van der Waals surface area contributed by atoms with Crippen LogP contribution in [0, 0.1) is 20.8 Å². The number of nitrogens with one attached hydrogen (secondary N) is 1. The zero-order chi connectivity index (χ0) is 15.0. The molecule has 2 heteroatoms. The van der Waals surface area contributed by atoms with Crippen LogP contribution in [0.1, 0.15) is 57.0 Å². The number of hydrogen-bond acceptors (Lipinski definition) is 2. The van der Waals surface area contributed by atoms with Gasteiger partial charge in [-0.2, -0.15) is 0 Å². The Labute approximate surface area is 132 Å². The number of rotatable bonds is 4. The van der Waals surface area contributed by atoms with E-state index in [0.717, 1.165) is 6.54 Å². The number of thiophene rings is 1. The quantitative estimate of drug-likeness (QED) is 0.850. The van der Waals surface area contributed by atoms with Crippen molar-refractivity contribution < 1.29 is 0 Å². The molecule has 1 aliphatic rings. The van der Waals surface area contributed by atoms with Gasteiger partial charge in [0.2, 0.25) is 0 Å². The van der Waals surface area contributed by atoms with E-state index < -0.39 is 0 Å². The van der Waals surface area contributed by atoms with Crippen molar-refractivity contribution in [1.29, 1.82) is 0 Å². The first-order chi connectivity index (χ1) is 10.1. The van der Waals surface area contributed by atoms with Crippen molar-refractivity contribution in [3.63, 3.8) is 0 Å². The third-order valence-electron chi connectivity index (χ3n) is 4.49. The third-order valence-corrected chi connectivity index (χ3v) is 5.79. The maximum absolute atomic E-state index is 3.72. The van der Waals surface area contributed by atoms with Crippen LogP contribution in [-0.2, 0) is 12.8 Å². The normalized spacial score (nSPS) is 15.2. The molecule has 1 atom stereocenters. The zero-order valence-corrected chi connectivity index (χ0v) is 14.4. The van der Waals surface area contributed by atoms with E-state index in [9.17, 15) is 0 Å². The summed E-state index contributed by atoms with van der Waals surface area (Å²) in [4.78, 5) is 3.12. The molecule has 0 saturated heterocycles. The zero-order valence-electron chi connectivity index (χ0n) is 13.5. The van der Waals surface area contributed by atoms with Crippen LogP contribution in [0.15, 0.2) is 18.2 Å². The highest BCUT2D eigenvalue weighted by atomic mass is 32.1. The lowest BCUT2D eigenvalue weighted by molar-refractivity contribution is 0.633. The molecule has 0 radical (unpaired) electrons. The molecule has 1 aliphatic carbocycles. The summed E-state index contributed by atoms with van der Waals surface area (Å²) in [5.41, 5.74) is 7.25. The van der Waals surface area contributed by atoms with Crippen molar-refractivity contribution >= 4 is 11.3 Å². The molecule has 0 saturated carbocycles. The van der Waals surface area contributed by atoms with E-state index in [2.05, 4.69) is 51.2 Å². The van der Waals surface area contributed by atoms with Crippen LogP contribution in [-0.4, -0.2) is 6.54 Å². The molecule has 1 unspecified atom stereocenters. The fourth-order valence-corrected chi connectivity index (χ4v) is 5.03. The average Bonchev–Trinajstić information content (AvgIpc) is 2.96. The van der Waals surface area contributed by atoms with Gasteiger partial charge in [-0.25, -0.2) is 0 Å². The molecule has 1 heterocycles. The number of aryl methyl sites for hydroxylation is 5. The van der Waals surface area contributed by atoms with Crippen LogP contribution >= 0.6 is 11.3 Å². The Morgan fingerprint density at radius 1 is 1.10 bits per heavy atom. The number of benzene rings is 1. The van der Waals surface area contributed by atoms with Gasteiger partial charge in [-0.15, -0.1) is 11.3 Å². The average molecular weight is 299 g/mol. The summed E-state index contributed by atoms with van der Waals surface area (Å²) < 4.78 is 0. The first-order valence-electron chi connectivity index (χ1n) is 8.02. The minimum atomic E-state index is 0.353. The van der Waals surface area contributed by atoms with Gasteiger partial charge in [-0.3, -0.25) is 0 Å². The fraction of sp³-hybridized carbons (Fsp3) is 0.474. The van der Waals surface area contributed by atoms with Crippen LogP contribution in [0.5, 0.6) is 0 Å². The topological polar surface area (TPSA) is 12.0 Å². The second-order valence-corrected chi connectivity index (χ2v) is 7.42. The van der Waals surface area contributed by atoms with Crippen LogP contribution in [0.25, 0.3) is 0 Å². The fourth-order valence-electron chi connectivity index (χ4n) is 3.69. The second kappa shape index (κ2) is 5.94. The summed E-state index contributed by atoms with van der Waals surface area (Å²) in [5, 5.41) is 3.72. The Bertz CT molecular complexity index is 609. The molecule has 3 rings (SSSR count). The van der Waals surface area contributed by atoms with E-state index in [4.69, 9.17) is 0 Å². The lowest BCUT2D eigenvalue weighted by atomic mass is 9.93. The van der Waals surface area contributed by atoms with Gasteiger partial charge in [-0.1, -0.05) is 24.6 Å². The van der Waals surface area contributed by atoms with E-state index in [1.54, 1.807) is 10.4 Å². The van der Waals surface area contributed by atoms with E-state index in [1.807, 2.05) is 11.3 Å². The lowest BCUT2D eigenvalue weighted by Crippen LogP contribution is -2.23. The molecular formula is C19H25NS. The standard InChI is InChI=1S/C19H25NS/c1-5-20-19(17-11-15-7-6-8-16(15)21-17)18-13(3)9-12(2)10-14(18)4/h9-11,19-20H,5-8H2,1-4H3. The highest BCUT2D eigenvalue weighted by Crippen LogP contribution is 2.38. The Hall–Kier alpha value is -1.12. The minimum Gasteiger partial charge on any atom is -0.306 e. The van der Waals surface area contributed by atoms with Gasteiger partial charge in [0.15, 0.2) is 0 Å². The van der Waals surface area contributed by atoms with Gasteiger partial charge >= 0.3 is 0 Å². The number of fused-ring (bicyclic) bond motifs is 1. The summed E-state index contributed by atoms with van der Waals surface area (Å²) in [5.74, 6) is 0. The maximum Gasteiger partial charge on any atom is 0.0676 e. The first kappa shape index (κ1) is 14.8. The van der Waals surface area contributed by atoms with E-state index >= 15 is 0 Å². The molecule has 0 aliphatic heterocycles. The van der Waals surface area contributed by atoms with Gasteiger partial charge in [0, 0.05) is 9.75 Å². The van der Waals surface area contributed by atoms with Crippen LogP contribution in [0.3, 0.4) is 0 Å². The Morgan fingerprint density at radius 3 is 2.43 bits per heavy atom. The van der Waals surface area contributed by atoms with Crippen molar-refractivity contribution in [1.82, 2.24) is 5.32 Å². The summed E-state index contributed by atoms with van der Waals surface area (Å²) in [6, 6.07) is 7.44. The highest BCUT2D eigenvalue weighted by molar-refractivity contribution is 7.12. The SMILES string of the molecule is CCNC(c1cc2c(s1)CCC2)c1c(C)cc(C)cc1C. The minimum absolute atomic E-state index is 0.353. The van der Waals surface area contributed by atoms with Crippen molar-refractivity contribution in [2.45, 2.75) is 53.0 Å². The molecule has 112 valence electrons. The molecule has 0 bridgehead atoms. The molecule has 0 amide bonds. The summed E-state index contributed by atoms with van der Waals surface area (Å²) in [7, 11) is 0. The largest absolute Gasteiger partial charge is 0.306 e.